The summed E-state index contributed by atoms with van der Waals surface area (Å²) in [6, 6.07) is 7.83. The molecule has 0 spiro atoms. The van der Waals surface area contributed by atoms with Gasteiger partial charge in [0.1, 0.15) is 0 Å². The van der Waals surface area contributed by atoms with Crippen LogP contribution in [-0.2, 0) is 28.5 Å². The molecule has 0 bridgehead atoms. The Morgan fingerprint density at radius 3 is 2.11 bits per heavy atom. The topological polar surface area (TPSA) is 82.1 Å². The van der Waals surface area contributed by atoms with E-state index in [4.69, 9.17) is 14.1 Å². The van der Waals surface area contributed by atoms with Crippen molar-refractivity contribution in [2.45, 2.75) is 64.1 Å². The number of nitrogens with zero attached hydrogens (tertiary/aromatic N) is 1. The van der Waals surface area contributed by atoms with Crippen LogP contribution in [0, 0.1) is 5.92 Å². The summed E-state index contributed by atoms with van der Waals surface area (Å²) in [6.45, 7) is 8.05. The van der Waals surface area contributed by atoms with Crippen LogP contribution in [0.15, 0.2) is 24.3 Å². The summed E-state index contributed by atoms with van der Waals surface area (Å²) in [5.41, 5.74) is 1.15. The summed E-state index contributed by atoms with van der Waals surface area (Å²) in [4.78, 5) is 40.4. The Labute approximate surface area is 164 Å². The molecule has 0 radical (unpaired) electrons. The van der Waals surface area contributed by atoms with Crippen molar-refractivity contribution in [3.05, 3.63) is 29.8 Å². The second-order valence-corrected chi connectivity index (χ2v) is 8.70. The zero-order valence-electron chi connectivity index (χ0n) is 16.6. The van der Waals surface area contributed by atoms with E-state index in [0.717, 1.165) is 11.0 Å². The number of hydrogen-bond donors (Lipinski definition) is 0. The Morgan fingerprint density at radius 2 is 1.57 bits per heavy atom. The van der Waals surface area contributed by atoms with Gasteiger partial charge in [-0.1, -0.05) is 24.3 Å². The molecule has 0 unspecified atom stereocenters. The Morgan fingerprint density at radius 1 is 1.04 bits per heavy atom. The number of rotatable bonds is 4. The Kier molecular flexibility index (Phi) is 4.39. The first kappa shape index (κ1) is 19.1. The summed E-state index contributed by atoms with van der Waals surface area (Å²) in [5.74, 6) is -1.73. The van der Waals surface area contributed by atoms with Crippen LogP contribution in [-0.4, -0.2) is 41.2 Å². The van der Waals surface area contributed by atoms with Crippen molar-refractivity contribution in [3.8, 4) is 0 Å². The van der Waals surface area contributed by atoms with Crippen molar-refractivity contribution >= 4 is 30.4 Å². The van der Waals surface area contributed by atoms with Crippen molar-refractivity contribution in [2.24, 2.45) is 5.92 Å². The Hall–Kier alpha value is -2.19. The minimum Gasteiger partial charge on any atom is -0.399 e. The lowest BCUT2D eigenvalue weighted by Gasteiger charge is -2.32. The van der Waals surface area contributed by atoms with Crippen molar-refractivity contribution in [1.29, 1.82) is 0 Å². The first-order valence-corrected chi connectivity index (χ1v) is 9.62. The molecule has 3 fully saturated rings. The smallest absolute Gasteiger partial charge is 0.399 e. The van der Waals surface area contributed by atoms with Crippen LogP contribution in [0.25, 0.3) is 0 Å². The maximum atomic E-state index is 12.2. The zero-order chi connectivity index (χ0) is 20.3. The number of hydrogen-bond acceptors (Lipinski definition) is 6. The third-order valence-corrected chi connectivity index (χ3v) is 6.17. The summed E-state index contributed by atoms with van der Waals surface area (Å²) in [5, 5.41) is 0.610. The zero-order valence-corrected chi connectivity index (χ0v) is 16.6. The van der Waals surface area contributed by atoms with Crippen molar-refractivity contribution in [2.75, 3.05) is 0 Å². The molecule has 28 heavy (non-hydrogen) atoms. The molecular formula is C20H24BNO6. The highest BCUT2D eigenvalue weighted by atomic mass is 16.7. The number of amides is 2. The van der Waals surface area contributed by atoms with Crippen LogP contribution >= 0.6 is 0 Å². The van der Waals surface area contributed by atoms with Gasteiger partial charge in [-0.15, -0.1) is 5.06 Å². The van der Waals surface area contributed by atoms with Crippen molar-refractivity contribution in [1.82, 2.24) is 5.06 Å². The van der Waals surface area contributed by atoms with Crippen LogP contribution in [0.4, 0.5) is 0 Å². The van der Waals surface area contributed by atoms with Gasteiger partial charge in [0.05, 0.1) is 17.1 Å². The predicted molar refractivity (Wildman–Crippen MR) is 100 cm³/mol. The Bertz CT molecular complexity index is 802. The highest BCUT2D eigenvalue weighted by molar-refractivity contribution is 6.62. The van der Waals surface area contributed by atoms with E-state index < -0.39 is 36.1 Å². The summed E-state index contributed by atoms with van der Waals surface area (Å²) >= 11 is 0. The maximum absolute atomic E-state index is 12.2. The van der Waals surface area contributed by atoms with Gasteiger partial charge in [0.25, 0.3) is 11.8 Å². The van der Waals surface area contributed by atoms with Crippen LogP contribution in [0.3, 0.4) is 0 Å². The van der Waals surface area contributed by atoms with Gasteiger partial charge in [-0.2, -0.15) is 0 Å². The summed E-state index contributed by atoms with van der Waals surface area (Å²) in [7, 11) is -0.425. The lowest BCUT2D eigenvalue weighted by atomic mass is 9.78. The summed E-state index contributed by atoms with van der Waals surface area (Å²) in [6.07, 6.45) is 0.839. The van der Waals surface area contributed by atoms with Gasteiger partial charge in [0.15, 0.2) is 0 Å². The normalized spacial score (nSPS) is 28.0. The number of carbonyl (C=O) groups is 3. The van der Waals surface area contributed by atoms with Gasteiger partial charge in [0, 0.05) is 12.8 Å². The van der Waals surface area contributed by atoms with Gasteiger partial charge in [0.2, 0.25) is 0 Å². The number of hydroxylamine groups is 2. The third kappa shape index (κ3) is 3.24. The van der Waals surface area contributed by atoms with Gasteiger partial charge in [-0.05, 0) is 51.1 Å². The van der Waals surface area contributed by atoms with Crippen molar-refractivity contribution < 1.29 is 28.5 Å². The fourth-order valence-electron chi connectivity index (χ4n) is 3.52. The first-order valence-electron chi connectivity index (χ1n) is 9.62. The summed E-state index contributed by atoms with van der Waals surface area (Å²) < 4.78 is 12.1. The first-order chi connectivity index (χ1) is 13.1. The van der Waals surface area contributed by atoms with E-state index in [1.54, 1.807) is 0 Å². The highest BCUT2D eigenvalue weighted by Crippen LogP contribution is 2.48. The molecule has 7 nitrogen and oxygen atoms in total. The predicted octanol–water partition coefficient (Wildman–Crippen LogP) is 1.70. The van der Waals surface area contributed by atoms with Crippen LogP contribution in [0.1, 0.15) is 58.4 Å². The molecule has 2 amide bonds. The molecule has 2 saturated heterocycles. The molecular weight excluding hydrogens is 361 g/mol. The fraction of sp³-hybridized carbons (Fsp3) is 0.550. The molecule has 1 aromatic rings. The lowest BCUT2D eigenvalue weighted by Crippen LogP contribution is -2.41. The standard InChI is InChI=1S/C20H24BNO6/c1-19(2)20(3,4)28-21(27-19)13-7-5-12(6-8-13)14-11-15(14)18(25)26-22-16(23)9-10-17(22)24/h5-8,14-15H,9-11H2,1-4H3/t14-,15+/m0/s1. The average Bonchev–Trinajstić information content (AvgIpc) is 3.32. The minimum absolute atomic E-state index is 0.0349. The molecule has 0 N–H and O–H groups in total. The second-order valence-electron chi connectivity index (χ2n) is 8.70. The second kappa shape index (κ2) is 6.42. The van der Waals surface area contributed by atoms with Crippen molar-refractivity contribution in [3.63, 3.8) is 0 Å². The molecule has 0 aromatic heterocycles. The van der Waals surface area contributed by atoms with Crippen LogP contribution < -0.4 is 5.46 Å². The van der Waals surface area contributed by atoms with E-state index in [9.17, 15) is 14.4 Å². The van der Waals surface area contributed by atoms with Crippen LogP contribution in [0.5, 0.6) is 0 Å². The SMILES string of the molecule is CC1(C)OB(c2ccc([C@@H]3C[C@H]3C(=O)ON3C(=O)CCC3=O)cc2)OC1(C)C. The molecule has 148 valence electrons. The third-order valence-electron chi connectivity index (χ3n) is 6.17. The minimum atomic E-state index is -0.524. The molecule has 8 heteroatoms. The molecule has 1 aromatic carbocycles. The number of carbonyl (C=O) groups excluding carboxylic acids is 3. The molecule has 2 heterocycles. The van der Waals surface area contributed by atoms with Gasteiger partial charge in [-0.25, -0.2) is 4.79 Å². The monoisotopic (exact) mass is 385 g/mol. The largest absolute Gasteiger partial charge is 0.494 e. The lowest BCUT2D eigenvalue weighted by molar-refractivity contribution is -0.198. The number of imide groups is 1. The average molecular weight is 385 g/mol. The quantitative estimate of drug-likeness (QED) is 0.580. The van der Waals surface area contributed by atoms with E-state index in [-0.39, 0.29) is 24.7 Å². The van der Waals surface area contributed by atoms with E-state index in [1.165, 1.54) is 0 Å². The van der Waals surface area contributed by atoms with Gasteiger partial charge < -0.3 is 14.1 Å². The van der Waals surface area contributed by atoms with E-state index >= 15 is 0 Å². The molecule has 1 aliphatic carbocycles. The molecule has 1 saturated carbocycles. The molecule has 2 atom stereocenters. The fourth-order valence-corrected chi connectivity index (χ4v) is 3.52. The van der Waals surface area contributed by atoms with Crippen LogP contribution in [0.2, 0.25) is 0 Å². The maximum Gasteiger partial charge on any atom is 0.494 e. The van der Waals surface area contributed by atoms with E-state index in [2.05, 4.69) is 0 Å². The Balaban J connectivity index is 1.37. The molecule has 2 aliphatic heterocycles. The van der Waals surface area contributed by atoms with Gasteiger partial charge >= 0.3 is 13.1 Å². The van der Waals surface area contributed by atoms with E-state index in [0.29, 0.717) is 11.5 Å². The molecule has 4 rings (SSSR count). The van der Waals surface area contributed by atoms with Gasteiger partial charge in [-0.3, -0.25) is 9.59 Å². The number of benzene rings is 1. The van der Waals surface area contributed by atoms with E-state index in [1.807, 2.05) is 52.0 Å². The highest BCUT2D eigenvalue weighted by Gasteiger charge is 2.52. The molecule has 3 aliphatic rings.